The van der Waals surface area contributed by atoms with Gasteiger partial charge in [-0.05, 0) is 24.1 Å². The average molecular weight is 380 g/mol. The van der Waals surface area contributed by atoms with Gasteiger partial charge in [0.15, 0.2) is 0 Å². The molecule has 3 atom stereocenters. The lowest BCUT2D eigenvalue weighted by Crippen LogP contribution is -2.19. The number of fused-ring (bicyclic) bond motifs is 2. The lowest BCUT2D eigenvalue weighted by atomic mass is 10.00. The molecule has 0 radical (unpaired) electrons. The van der Waals surface area contributed by atoms with Crippen LogP contribution >= 0.6 is 11.6 Å². The summed E-state index contributed by atoms with van der Waals surface area (Å²) in [7, 11) is 0. The lowest BCUT2D eigenvalue weighted by molar-refractivity contribution is 0.0305. The Morgan fingerprint density at radius 1 is 1.31 bits per heavy atom. The highest BCUT2D eigenvalue weighted by molar-refractivity contribution is 6.33. The van der Waals surface area contributed by atoms with Crippen LogP contribution in [0.2, 0.25) is 5.02 Å². The molecule has 0 spiro atoms. The minimum atomic E-state index is -0.790. The number of benzene rings is 1. The Bertz CT molecular complexity index is 803. The first-order chi connectivity index (χ1) is 12.4. The van der Waals surface area contributed by atoms with Crippen molar-refractivity contribution in [3.63, 3.8) is 0 Å². The van der Waals surface area contributed by atoms with Crippen molar-refractivity contribution in [3.05, 3.63) is 51.0 Å². The van der Waals surface area contributed by atoms with Gasteiger partial charge in [-0.1, -0.05) is 29.8 Å². The number of epoxide rings is 1. The zero-order chi connectivity index (χ0) is 18.8. The number of hydrogen-bond acceptors (Lipinski definition) is 7. The summed E-state index contributed by atoms with van der Waals surface area (Å²) in [5.41, 5.74) is 0.0258. The fraction of sp³-hybridized carbons (Fsp3) is 0.389. The van der Waals surface area contributed by atoms with Crippen molar-refractivity contribution in [3.8, 4) is 11.5 Å². The van der Waals surface area contributed by atoms with E-state index in [1.54, 1.807) is 13.0 Å². The Morgan fingerprint density at radius 3 is 2.81 bits per heavy atom. The number of halogens is 1. The average Bonchev–Trinajstić information content (AvgIpc) is 3.31. The molecule has 2 aliphatic heterocycles. The van der Waals surface area contributed by atoms with E-state index in [1.807, 2.05) is 12.2 Å². The third kappa shape index (κ3) is 3.89. The van der Waals surface area contributed by atoms with Crippen LogP contribution in [0.15, 0.2) is 35.2 Å². The third-order valence-electron chi connectivity index (χ3n) is 4.31. The van der Waals surface area contributed by atoms with Crippen LogP contribution < -0.4 is 0 Å². The molecule has 0 aliphatic carbocycles. The summed E-state index contributed by atoms with van der Waals surface area (Å²) in [5, 5.41) is 22.8. The van der Waals surface area contributed by atoms with Crippen LogP contribution in [0.1, 0.15) is 35.7 Å². The van der Waals surface area contributed by atoms with Crippen molar-refractivity contribution in [2.75, 3.05) is 0 Å². The second kappa shape index (κ2) is 7.47. The first-order valence-electron chi connectivity index (χ1n) is 8.19. The maximum absolute atomic E-state index is 12.6. The highest BCUT2D eigenvalue weighted by Gasteiger charge is 2.38. The highest BCUT2D eigenvalue weighted by Crippen LogP contribution is 2.38. The summed E-state index contributed by atoms with van der Waals surface area (Å²) in [6.07, 6.45) is 5.65. The summed E-state index contributed by atoms with van der Waals surface area (Å²) in [4.78, 5) is 23.7. The van der Waals surface area contributed by atoms with Crippen LogP contribution in [0.4, 0.5) is 0 Å². The summed E-state index contributed by atoms with van der Waals surface area (Å²) < 4.78 is 10.9. The normalized spacial score (nSPS) is 26.0. The quantitative estimate of drug-likeness (QED) is 0.334. The molecule has 26 heavy (non-hydrogen) atoms. The minimum Gasteiger partial charge on any atom is -0.507 e. The molecule has 1 aromatic rings. The summed E-state index contributed by atoms with van der Waals surface area (Å²) in [6.45, 7) is 1.73. The molecular formula is C18H18ClNO6. The van der Waals surface area contributed by atoms with Gasteiger partial charge in [-0.25, -0.2) is 4.79 Å². The summed E-state index contributed by atoms with van der Waals surface area (Å²) >= 11 is 6.11. The number of nitroso groups, excluding NO2 is 1. The van der Waals surface area contributed by atoms with E-state index in [4.69, 9.17) is 21.1 Å². The zero-order valence-corrected chi connectivity index (χ0v) is 14.8. The van der Waals surface area contributed by atoms with Gasteiger partial charge in [0, 0.05) is 18.9 Å². The molecule has 2 heterocycles. The molecule has 8 heteroatoms. The van der Waals surface area contributed by atoms with Crippen molar-refractivity contribution in [2.45, 2.75) is 44.5 Å². The number of hydrogen-bond donors (Lipinski definition) is 2. The number of phenols is 2. The van der Waals surface area contributed by atoms with Crippen molar-refractivity contribution >= 4 is 17.6 Å². The highest BCUT2D eigenvalue weighted by atomic mass is 35.5. The largest absolute Gasteiger partial charge is 0.507 e. The Balaban J connectivity index is 2.04. The molecule has 1 aromatic carbocycles. The van der Waals surface area contributed by atoms with Gasteiger partial charge in [0.1, 0.15) is 29.3 Å². The van der Waals surface area contributed by atoms with E-state index in [1.165, 1.54) is 0 Å². The smallest absolute Gasteiger partial charge is 0.342 e. The van der Waals surface area contributed by atoms with Crippen LogP contribution in [0.5, 0.6) is 11.5 Å². The van der Waals surface area contributed by atoms with Gasteiger partial charge in [-0.3, -0.25) is 0 Å². The number of esters is 1. The molecule has 0 unspecified atom stereocenters. The molecule has 1 saturated heterocycles. The molecule has 0 bridgehead atoms. The predicted octanol–water partition coefficient (Wildman–Crippen LogP) is 3.61. The summed E-state index contributed by atoms with van der Waals surface area (Å²) in [6, 6.07) is 0.969. The van der Waals surface area contributed by atoms with Crippen LogP contribution in [0.3, 0.4) is 0 Å². The monoisotopic (exact) mass is 379 g/mol. The van der Waals surface area contributed by atoms with Crippen LogP contribution in [0, 0.1) is 4.91 Å². The number of allylic oxidation sites excluding steroid dienone is 3. The van der Waals surface area contributed by atoms with Crippen LogP contribution in [0.25, 0.3) is 0 Å². The van der Waals surface area contributed by atoms with E-state index in [9.17, 15) is 19.9 Å². The van der Waals surface area contributed by atoms with Gasteiger partial charge < -0.3 is 19.7 Å². The van der Waals surface area contributed by atoms with E-state index in [-0.39, 0.29) is 40.5 Å². The first-order valence-corrected chi connectivity index (χ1v) is 8.57. The van der Waals surface area contributed by atoms with E-state index in [0.717, 1.165) is 6.07 Å². The number of carbonyl (C=O) groups is 1. The van der Waals surface area contributed by atoms with E-state index in [0.29, 0.717) is 12.8 Å². The van der Waals surface area contributed by atoms with E-state index >= 15 is 0 Å². The molecule has 138 valence electrons. The van der Waals surface area contributed by atoms with Crippen molar-refractivity contribution in [1.82, 2.24) is 0 Å². The number of nitrogens with zero attached hydrogens (tertiary/aromatic N) is 1. The summed E-state index contributed by atoms with van der Waals surface area (Å²) in [5.74, 6) is -1.66. The van der Waals surface area contributed by atoms with Crippen molar-refractivity contribution in [2.24, 2.45) is 5.18 Å². The van der Waals surface area contributed by atoms with E-state index < -0.39 is 23.6 Å². The number of rotatable bonds is 1. The topological polar surface area (TPSA) is 109 Å². The van der Waals surface area contributed by atoms with Gasteiger partial charge in [0.25, 0.3) is 0 Å². The lowest BCUT2D eigenvalue weighted by Gasteiger charge is -2.17. The van der Waals surface area contributed by atoms with Gasteiger partial charge in [0.05, 0.1) is 16.8 Å². The molecule has 0 aromatic heterocycles. The van der Waals surface area contributed by atoms with Crippen LogP contribution in [-0.2, 0) is 15.9 Å². The maximum atomic E-state index is 12.6. The SMILES string of the molecule is C[C@@H]1C[C@@H]2O[C@H]2C=CCC=C(N=O)Cc2c(Cl)c(O)cc(O)c2C(=O)O1. The standard InChI is InChI=1S/C18H18ClNO6/c1-9-6-15-14(26-15)5-3-2-4-10(20-24)7-11-16(18(23)25-9)12(21)8-13(22)17(11)19/h3-5,8-9,14-15,21-22H,2,6-7H2,1H3/t9-,14+,15+/m1/s1. The zero-order valence-electron chi connectivity index (χ0n) is 14.0. The Morgan fingerprint density at radius 2 is 2.08 bits per heavy atom. The second-order valence-electron chi connectivity index (χ2n) is 6.30. The van der Waals surface area contributed by atoms with E-state index in [2.05, 4.69) is 5.18 Å². The molecule has 1 fully saturated rings. The van der Waals surface area contributed by atoms with Gasteiger partial charge in [-0.15, -0.1) is 4.91 Å². The molecule has 2 N–H and O–H groups in total. The molecule has 7 nitrogen and oxygen atoms in total. The third-order valence-corrected chi connectivity index (χ3v) is 4.73. The van der Waals surface area contributed by atoms with Crippen LogP contribution in [-0.4, -0.2) is 34.5 Å². The van der Waals surface area contributed by atoms with Gasteiger partial charge in [0.2, 0.25) is 0 Å². The maximum Gasteiger partial charge on any atom is 0.342 e. The second-order valence-corrected chi connectivity index (χ2v) is 6.68. The van der Waals surface area contributed by atoms with Gasteiger partial charge >= 0.3 is 5.97 Å². The fourth-order valence-electron chi connectivity index (χ4n) is 2.95. The number of carbonyl (C=O) groups excluding carboxylic acids is 1. The number of aromatic hydroxyl groups is 2. The first kappa shape index (κ1) is 18.4. The fourth-order valence-corrected chi connectivity index (χ4v) is 3.17. The number of cyclic esters (lactones) is 1. The number of ether oxygens (including phenoxy) is 2. The van der Waals surface area contributed by atoms with Gasteiger partial charge in [-0.2, -0.15) is 0 Å². The Labute approximate surface area is 154 Å². The van der Waals surface area contributed by atoms with Crippen molar-refractivity contribution < 1.29 is 24.5 Å². The van der Waals surface area contributed by atoms with Crippen molar-refractivity contribution in [1.29, 1.82) is 0 Å². The molecule has 0 amide bonds. The molecule has 2 aliphatic rings. The number of phenolic OH excluding ortho intramolecular Hbond substituents is 2. The molecule has 3 rings (SSSR count). The molecular weight excluding hydrogens is 362 g/mol. The Kier molecular flexibility index (Phi) is 5.29. The molecule has 0 saturated carbocycles. The minimum absolute atomic E-state index is 0.0350. The Hall–Kier alpha value is -2.38. The predicted molar refractivity (Wildman–Crippen MR) is 94.3 cm³/mol.